The predicted octanol–water partition coefficient (Wildman–Crippen LogP) is 6.12. The van der Waals surface area contributed by atoms with Crippen LogP contribution in [0.4, 0.5) is 5.69 Å². The fourth-order valence-corrected chi connectivity index (χ4v) is 4.60. The van der Waals surface area contributed by atoms with Crippen LogP contribution in [0.1, 0.15) is 22.8 Å². The molecular formula is C23H21Cl3N2O4S. The first kappa shape index (κ1) is 25.3. The van der Waals surface area contributed by atoms with E-state index in [1.54, 1.807) is 36.4 Å². The van der Waals surface area contributed by atoms with Gasteiger partial charge in [0.05, 0.1) is 21.5 Å². The Morgan fingerprint density at radius 3 is 2.30 bits per heavy atom. The van der Waals surface area contributed by atoms with Crippen molar-refractivity contribution in [3.63, 3.8) is 0 Å². The Balaban J connectivity index is 1.87. The second-order valence-electron chi connectivity index (χ2n) is 7.05. The molecule has 0 heterocycles. The highest BCUT2D eigenvalue weighted by molar-refractivity contribution is 7.89. The second-order valence-corrected chi connectivity index (χ2v) is 10.3. The standard InChI is InChI=1S/C23H21Cl3N2O4S/c1-3-32-22-11-4-15(23(29)27-18-7-10-20(25)21(26)13-18)12-16(22)14-28(2)33(30,31)19-8-5-17(24)6-9-19/h4-13H,3,14H2,1-2H3,(H,27,29). The molecule has 3 aromatic carbocycles. The Labute approximate surface area is 208 Å². The van der Waals surface area contributed by atoms with Crippen molar-refractivity contribution in [3.8, 4) is 5.75 Å². The van der Waals surface area contributed by atoms with Crippen molar-refractivity contribution in [1.82, 2.24) is 4.31 Å². The Kier molecular flexibility index (Phi) is 8.26. The van der Waals surface area contributed by atoms with Gasteiger partial charge in [-0.3, -0.25) is 4.79 Å². The number of carbonyl (C=O) groups is 1. The van der Waals surface area contributed by atoms with Gasteiger partial charge in [-0.1, -0.05) is 34.8 Å². The highest BCUT2D eigenvalue weighted by atomic mass is 35.5. The molecule has 0 saturated heterocycles. The summed E-state index contributed by atoms with van der Waals surface area (Å²) in [6, 6.07) is 15.5. The van der Waals surface area contributed by atoms with Crippen LogP contribution in [-0.2, 0) is 16.6 Å². The number of ether oxygens (including phenoxy) is 1. The van der Waals surface area contributed by atoms with Crippen molar-refractivity contribution in [1.29, 1.82) is 0 Å². The van der Waals surface area contributed by atoms with Crippen LogP contribution in [0.25, 0.3) is 0 Å². The van der Waals surface area contributed by atoms with Gasteiger partial charge >= 0.3 is 0 Å². The molecule has 0 bridgehead atoms. The fraction of sp³-hybridized carbons (Fsp3) is 0.174. The zero-order valence-corrected chi connectivity index (χ0v) is 20.9. The maximum Gasteiger partial charge on any atom is 0.255 e. The molecule has 0 aliphatic rings. The number of amides is 1. The maximum atomic E-state index is 13.0. The van der Waals surface area contributed by atoms with Gasteiger partial charge in [-0.2, -0.15) is 4.31 Å². The van der Waals surface area contributed by atoms with Crippen molar-refractivity contribution in [3.05, 3.63) is 86.9 Å². The van der Waals surface area contributed by atoms with Gasteiger partial charge in [0.1, 0.15) is 5.75 Å². The smallest absolute Gasteiger partial charge is 0.255 e. The summed E-state index contributed by atoms with van der Waals surface area (Å²) >= 11 is 17.8. The van der Waals surface area contributed by atoms with Gasteiger partial charge in [0.2, 0.25) is 10.0 Å². The normalized spacial score (nSPS) is 11.5. The van der Waals surface area contributed by atoms with E-state index in [-0.39, 0.29) is 17.3 Å². The third kappa shape index (κ3) is 6.19. The molecule has 0 saturated carbocycles. The number of sulfonamides is 1. The van der Waals surface area contributed by atoms with E-state index in [1.807, 2.05) is 6.92 Å². The Bertz CT molecular complexity index is 1270. The van der Waals surface area contributed by atoms with Crippen LogP contribution in [0.5, 0.6) is 5.75 Å². The van der Waals surface area contributed by atoms with E-state index in [0.717, 1.165) is 0 Å². The molecule has 174 valence electrons. The van der Waals surface area contributed by atoms with Crippen LogP contribution in [-0.4, -0.2) is 32.3 Å². The molecule has 6 nitrogen and oxygen atoms in total. The number of nitrogens with one attached hydrogen (secondary N) is 1. The summed E-state index contributed by atoms with van der Waals surface area (Å²) in [7, 11) is -2.32. The summed E-state index contributed by atoms with van der Waals surface area (Å²) < 4.78 is 32.8. The van der Waals surface area contributed by atoms with Crippen molar-refractivity contribution in [2.24, 2.45) is 0 Å². The monoisotopic (exact) mass is 526 g/mol. The number of benzene rings is 3. The Hall–Kier alpha value is -2.29. The average Bonchev–Trinajstić information content (AvgIpc) is 2.77. The number of hydrogen-bond acceptors (Lipinski definition) is 4. The quantitative estimate of drug-likeness (QED) is 0.383. The number of carbonyl (C=O) groups excluding carboxylic acids is 1. The molecule has 0 unspecified atom stereocenters. The van der Waals surface area contributed by atoms with Crippen molar-refractivity contribution in [2.75, 3.05) is 19.0 Å². The van der Waals surface area contributed by atoms with E-state index in [1.165, 1.54) is 35.6 Å². The van der Waals surface area contributed by atoms with Crippen molar-refractivity contribution in [2.45, 2.75) is 18.4 Å². The largest absolute Gasteiger partial charge is 0.494 e. The predicted molar refractivity (Wildman–Crippen MR) is 132 cm³/mol. The molecule has 3 aromatic rings. The van der Waals surface area contributed by atoms with Gasteiger partial charge in [-0.15, -0.1) is 0 Å². The SMILES string of the molecule is CCOc1ccc(C(=O)Nc2ccc(Cl)c(Cl)c2)cc1CN(C)S(=O)(=O)c1ccc(Cl)cc1. The third-order valence-corrected chi connectivity index (χ3v) is 7.52. The minimum Gasteiger partial charge on any atom is -0.494 e. The minimum absolute atomic E-state index is 0.00577. The van der Waals surface area contributed by atoms with E-state index in [4.69, 9.17) is 39.5 Å². The number of anilines is 1. The number of halogens is 3. The Morgan fingerprint density at radius 2 is 1.67 bits per heavy atom. The van der Waals surface area contributed by atoms with E-state index in [2.05, 4.69) is 5.32 Å². The highest BCUT2D eigenvalue weighted by Gasteiger charge is 2.23. The first-order chi connectivity index (χ1) is 15.6. The van der Waals surface area contributed by atoms with Gasteiger partial charge in [-0.05, 0) is 67.6 Å². The zero-order chi connectivity index (χ0) is 24.2. The highest BCUT2D eigenvalue weighted by Crippen LogP contribution is 2.27. The second kappa shape index (κ2) is 10.8. The first-order valence-electron chi connectivity index (χ1n) is 9.86. The topological polar surface area (TPSA) is 75.7 Å². The lowest BCUT2D eigenvalue weighted by molar-refractivity contribution is 0.102. The summed E-state index contributed by atoms with van der Waals surface area (Å²) in [4.78, 5) is 12.9. The molecular weight excluding hydrogens is 507 g/mol. The molecule has 0 atom stereocenters. The summed E-state index contributed by atoms with van der Waals surface area (Å²) in [6.07, 6.45) is 0. The van der Waals surface area contributed by atoms with Crippen LogP contribution in [0.3, 0.4) is 0 Å². The van der Waals surface area contributed by atoms with Crippen LogP contribution < -0.4 is 10.1 Å². The van der Waals surface area contributed by atoms with E-state index in [0.29, 0.717) is 44.2 Å². The summed E-state index contributed by atoms with van der Waals surface area (Å²) in [5.74, 6) is 0.0997. The average molecular weight is 528 g/mol. The summed E-state index contributed by atoms with van der Waals surface area (Å²) in [5, 5.41) is 3.89. The molecule has 3 rings (SSSR count). The number of nitrogens with zero attached hydrogens (tertiary/aromatic N) is 1. The minimum atomic E-state index is -3.78. The number of hydrogen-bond donors (Lipinski definition) is 1. The van der Waals surface area contributed by atoms with E-state index >= 15 is 0 Å². The summed E-state index contributed by atoms with van der Waals surface area (Å²) in [5.41, 5.74) is 1.35. The third-order valence-electron chi connectivity index (χ3n) is 4.71. The van der Waals surface area contributed by atoms with Crippen molar-refractivity contribution >= 4 is 56.4 Å². The fourth-order valence-electron chi connectivity index (χ4n) is 3.03. The molecule has 0 radical (unpaired) electrons. The van der Waals surface area contributed by atoms with E-state index in [9.17, 15) is 13.2 Å². The molecule has 0 fully saturated rings. The molecule has 33 heavy (non-hydrogen) atoms. The molecule has 0 aliphatic heterocycles. The van der Waals surface area contributed by atoms with Crippen LogP contribution in [0.2, 0.25) is 15.1 Å². The lowest BCUT2D eigenvalue weighted by Gasteiger charge is -2.20. The zero-order valence-electron chi connectivity index (χ0n) is 17.8. The van der Waals surface area contributed by atoms with Gasteiger partial charge in [-0.25, -0.2) is 8.42 Å². The van der Waals surface area contributed by atoms with Gasteiger partial charge in [0, 0.05) is 35.4 Å². The molecule has 10 heteroatoms. The molecule has 1 N–H and O–H groups in total. The van der Waals surface area contributed by atoms with Gasteiger partial charge in [0.15, 0.2) is 0 Å². The maximum absolute atomic E-state index is 13.0. The molecule has 0 spiro atoms. The van der Waals surface area contributed by atoms with Crippen LogP contribution >= 0.6 is 34.8 Å². The van der Waals surface area contributed by atoms with Gasteiger partial charge in [0.25, 0.3) is 5.91 Å². The lowest BCUT2D eigenvalue weighted by atomic mass is 10.1. The lowest BCUT2D eigenvalue weighted by Crippen LogP contribution is -2.27. The van der Waals surface area contributed by atoms with Crippen LogP contribution in [0, 0.1) is 0 Å². The van der Waals surface area contributed by atoms with Crippen LogP contribution in [0.15, 0.2) is 65.6 Å². The molecule has 1 amide bonds. The summed E-state index contributed by atoms with van der Waals surface area (Å²) in [6.45, 7) is 2.20. The Morgan fingerprint density at radius 1 is 0.970 bits per heavy atom. The molecule has 0 aromatic heterocycles. The van der Waals surface area contributed by atoms with E-state index < -0.39 is 10.0 Å². The first-order valence-corrected chi connectivity index (χ1v) is 12.4. The van der Waals surface area contributed by atoms with Gasteiger partial charge < -0.3 is 10.1 Å². The molecule has 0 aliphatic carbocycles. The number of rotatable bonds is 8. The van der Waals surface area contributed by atoms with Crippen molar-refractivity contribution < 1.29 is 17.9 Å².